The molecule has 22 heteroatoms. The van der Waals surface area contributed by atoms with Crippen molar-refractivity contribution in [3.63, 3.8) is 0 Å². The second kappa shape index (κ2) is 18.9. The highest BCUT2D eigenvalue weighted by Crippen LogP contribution is 2.26. The number of aliphatic imine (C=N–C) groups is 1. The number of nitrogens with two attached hydrogens (primary N) is 6. The van der Waals surface area contributed by atoms with E-state index in [1.165, 1.54) is 9.80 Å². The summed E-state index contributed by atoms with van der Waals surface area (Å²) in [6.45, 7) is 0.395. The maximum Gasteiger partial charge on any atom is 0.326 e. The van der Waals surface area contributed by atoms with Gasteiger partial charge in [-0.2, -0.15) is 0 Å². The standard InChI is InChI=1S/C28H46N12O10/c29-13(4-1-7-35-28(33)34)22(44)37-15(11-20(31)42)25(47)40-9-3-6-18(40)26(48)39-8-2-5-17(39)24(46)36-14(10-19(30)41)23(45)38-16(27(49)50)12-21(32)43/h13-18H,1-12,29H2,(H2,30,41)(H2,31,42)(H2,32,43)(H,36,46)(H,37,44)(H,38,45)(H,49,50)(H4,33,34,35)/t13-,14-,15-,16-,17-,18-/m0/s1. The summed E-state index contributed by atoms with van der Waals surface area (Å²) < 4.78 is 0. The van der Waals surface area contributed by atoms with Crippen LogP contribution in [0.5, 0.6) is 0 Å². The fourth-order valence-corrected chi connectivity index (χ4v) is 5.66. The number of carbonyl (C=O) groups is 9. The third-order valence-corrected chi connectivity index (χ3v) is 8.04. The van der Waals surface area contributed by atoms with Gasteiger partial charge in [-0.05, 0) is 38.5 Å². The Labute approximate surface area is 286 Å². The summed E-state index contributed by atoms with van der Waals surface area (Å²) in [6.07, 6.45) is -0.508. The van der Waals surface area contributed by atoms with Crippen molar-refractivity contribution < 1.29 is 48.3 Å². The summed E-state index contributed by atoms with van der Waals surface area (Å²) in [7, 11) is 0. The number of rotatable bonds is 19. The minimum atomic E-state index is -1.75. The normalized spacial score (nSPS) is 19.3. The van der Waals surface area contributed by atoms with Crippen LogP contribution in [0, 0.1) is 0 Å². The van der Waals surface area contributed by atoms with E-state index < -0.39 is 109 Å². The smallest absolute Gasteiger partial charge is 0.326 e. The van der Waals surface area contributed by atoms with Gasteiger partial charge in [0.1, 0.15) is 30.2 Å². The molecule has 0 aliphatic carbocycles. The van der Waals surface area contributed by atoms with E-state index in [1.54, 1.807) is 0 Å². The fraction of sp³-hybridized carbons (Fsp3) is 0.643. The molecule has 2 saturated heterocycles. The van der Waals surface area contributed by atoms with Crippen LogP contribution in [0.15, 0.2) is 4.99 Å². The van der Waals surface area contributed by atoms with E-state index in [0.717, 1.165) is 0 Å². The number of amides is 8. The van der Waals surface area contributed by atoms with E-state index in [2.05, 4.69) is 15.6 Å². The lowest BCUT2D eigenvalue weighted by Gasteiger charge is -2.33. The lowest BCUT2D eigenvalue weighted by atomic mass is 10.1. The van der Waals surface area contributed by atoms with Gasteiger partial charge in [0.2, 0.25) is 47.3 Å². The second-order valence-corrected chi connectivity index (χ2v) is 12.0. The van der Waals surface area contributed by atoms with E-state index in [1.807, 2.05) is 5.32 Å². The zero-order chi connectivity index (χ0) is 37.7. The number of hydrogen-bond acceptors (Lipinski definition) is 11. The van der Waals surface area contributed by atoms with Crippen molar-refractivity contribution in [3.05, 3.63) is 0 Å². The molecule has 8 amide bonds. The highest BCUT2D eigenvalue weighted by molar-refractivity contribution is 5.99. The maximum absolute atomic E-state index is 13.8. The van der Waals surface area contributed by atoms with Crippen LogP contribution in [0.2, 0.25) is 0 Å². The Morgan fingerprint density at radius 1 is 0.700 bits per heavy atom. The molecule has 2 fully saturated rings. The van der Waals surface area contributed by atoms with Crippen LogP contribution >= 0.6 is 0 Å². The number of carboxylic acid groups (broad SMARTS) is 1. The Balaban J connectivity index is 2.18. The molecule has 6 atom stereocenters. The Bertz CT molecular complexity index is 1370. The molecule has 2 aliphatic heterocycles. The molecular weight excluding hydrogens is 664 g/mol. The number of carbonyl (C=O) groups excluding carboxylic acids is 8. The number of carboxylic acids is 1. The van der Waals surface area contributed by atoms with Gasteiger partial charge in [-0.15, -0.1) is 0 Å². The molecule has 50 heavy (non-hydrogen) atoms. The lowest BCUT2D eigenvalue weighted by molar-refractivity contribution is -0.148. The number of guanidine groups is 1. The number of nitrogens with one attached hydrogen (secondary N) is 3. The molecule has 16 N–H and O–H groups in total. The van der Waals surface area contributed by atoms with Gasteiger partial charge in [-0.25, -0.2) is 4.79 Å². The molecule has 22 nitrogen and oxygen atoms in total. The van der Waals surface area contributed by atoms with Crippen LogP contribution in [0.1, 0.15) is 57.8 Å². The summed E-state index contributed by atoms with van der Waals surface area (Å²) >= 11 is 0. The SMILES string of the molecule is NC(=O)C[C@H](NC(=O)[C@H](CC(N)=O)NC(=O)[C@@H]1CCCN1C(=O)[C@@H]1CCCN1C(=O)[C@H](CC(N)=O)NC(=O)[C@@H](N)CCCN=C(N)N)C(=O)O. The van der Waals surface area contributed by atoms with Gasteiger partial charge >= 0.3 is 5.97 Å². The summed E-state index contributed by atoms with van der Waals surface area (Å²) in [5.41, 5.74) is 32.1. The van der Waals surface area contributed by atoms with Crippen molar-refractivity contribution in [1.82, 2.24) is 25.8 Å². The van der Waals surface area contributed by atoms with Crippen LogP contribution in [0.4, 0.5) is 0 Å². The fourth-order valence-electron chi connectivity index (χ4n) is 5.66. The molecule has 0 aromatic heterocycles. The van der Waals surface area contributed by atoms with E-state index in [-0.39, 0.29) is 44.9 Å². The molecule has 0 aromatic carbocycles. The van der Waals surface area contributed by atoms with E-state index in [9.17, 15) is 48.3 Å². The Kier molecular flexibility index (Phi) is 15.3. The van der Waals surface area contributed by atoms with Crippen molar-refractivity contribution in [2.24, 2.45) is 39.4 Å². The number of nitrogens with zero attached hydrogens (tertiary/aromatic N) is 3. The van der Waals surface area contributed by atoms with Gasteiger partial charge in [-0.3, -0.25) is 43.3 Å². The minimum Gasteiger partial charge on any atom is -0.480 e. The molecule has 0 spiro atoms. The quantitative estimate of drug-likeness (QED) is 0.0339. The average molecular weight is 711 g/mol. The van der Waals surface area contributed by atoms with E-state index in [4.69, 9.17) is 34.4 Å². The number of likely N-dealkylation sites (tertiary alicyclic amines) is 2. The largest absolute Gasteiger partial charge is 0.480 e. The van der Waals surface area contributed by atoms with Crippen molar-refractivity contribution >= 4 is 59.2 Å². The predicted molar refractivity (Wildman–Crippen MR) is 172 cm³/mol. The van der Waals surface area contributed by atoms with Gasteiger partial charge in [0.25, 0.3) is 0 Å². The maximum atomic E-state index is 13.8. The van der Waals surface area contributed by atoms with Gasteiger partial charge in [0.15, 0.2) is 5.96 Å². The highest BCUT2D eigenvalue weighted by atomic mass is 16.4. The molecule has 0 unspecified atom stereocenters. The molecule has 0 aromatic rings. The Morgan fingerprint density at radius 2 is 1.22 bits per heavy atom. The van der Waals surface area contributed by atoms with Crippen LogP contribution < -0.4 is 50.4 Å². The topological polar surface area (TPSA) is 385 Å². The van der Waals surface area contributed by atoms with Crippen LogP contribution in [-0.4, -0.2) is 130 Å². The summed E-state index contributed by atoms with van der Waals surface area (Å²) in [5.74, 6) is -8.78. The van der Waals surface area contributed by atoms with E-state index in [0.29, 0.717) is 19.3 Å². The predicted octanol–water partition coefficient (Wildman–Crippen LogP) is -6.49. The molecule has 0 saturated carbocycles. The Morgan fingerprint density at radius 3 is 1.78 bits per heavy atom. The monoisotopic (exact) mass is 710 g/mol. The van der Waals surface area contributed by atoms with Gasteiger partial charge in [0, 0.05) is 19.6 Å². The van der Waals surface area contributed by atoms with E-state index >= 15 is 0 Å². The summed E-state index contributed by atoms with van der Waals surface area (Å²) in [4.78, 5) is 119. The molecular formula is C28H46N12O10. The van der Waals surface area contributed by atoms with Crippen LogP contribution in [-0.2, 0) is 43.2 Å². The van der Waals surface area contributed by atoms with Crippen molar-refractivity contribution in [3.8, 4) is 0 Å². The third-order valence-electron chi connectivity index (χ3n) is 8.04. The molecule has 0 radical (unpaired) electrons. The van der Waals surface area contributed by atoms with Crippen molar-refractivity contribution in [1.29, 1.82) is 0 Å². The highest BCUT2D eigenvalue weighted by Gasteiger charge is 2.44. The number of aliphatic carboxylic acids is 1. The lowest BCUT2D eigenvalue weighted by Crippen LogP contribution is -2.59. The first kappa shape index (κ1) is 40.6. The van der Waals surface area contributed by atoms with Gasteiger partial charge in [0.05, 0.1) is 25.3 Å². The third kappa shape index (κ3) is 12.2. The average Bonchev–Trinajstić information content (AvgIpc) is 3.71. The zero-order valence-corrected chi connectivity index (χ0v) is 27.4. The molecule has 0 bridgehead atoms. The first-order valence-electron chi connectivity index (χ1n) is 15.8. The van der Waals surface area contributed by atoms with Gasteiger partial charge < -0.3 is 65.3 Å². The first-order valence-corrected chi connectivity index (χ1v) is 15.8. The second-order valence-electron chi connectivity index (χ2n) is 12.0. The molecule has 278 valence electrons. The van der Waals surface area contributed by atoms with Crippen LogP contribution in [0.3, 0.4) is 0 Å². The first-order chi connectivity index (χ1) is 23.4. The summed E-state index contributed by atoms with van der Waals surface area (Å²) in [5, 5.41) is 16.1. The van der Waals surface area contributed by atoms with Crippen LogP contribution in [0.25, 0.3) is 0 Å². The molecule has 2 heterocycles. The van der Waals surface area contributed by atoms with Crippen molar-refractivity contribution in [2.45, 2.75) is 94.0 Å². The Hall–Kier alpha value is -5.54. The molecule has 2 rings (SSSR count). The number of hydrogen-bond donors (Lipinski definition) is 10. The minimum absolute atomic E-state index is 0.0898. The zero-order valence-electron chi connectivity index (χ0n) is 27.4. The number of primary amides is 3. The van der Waals surface area contributed by atoms with Crippen molar-refractivity contribution in [2.75, 3.05) is 19.6 Å². The van der Waals surface area contributed by atoms with Gasteiger partial charge in [-0.1, -0.05) is 0 Å². The molecule has 2 aliphatic rings. The summed E-state index contributed by atoms with van der Waals surface area (Å²) in [6, 6.07) is -8.16.